The fourth-order valence-electron chi connectivity index (χ4n) is 3.12. The van der Waals surface area contributed by atoms with Gasteiger partial charge in [0.1, 0.15) is 5.82 Å². The van der Waals surface area contributed by atoms with E-state index in [1.54, 1.807) is 0 Å². The number of rotatable bonds is 6. The molecule has 0 saturated heterocycles. The Labute approximate surface area is 174 Å². The van der Waals surface area contributed by atoms with E-state index in [9.17, 15) is 14.0 Å². The lowest BCUT2D eigenvalue weighted by molar-refractivity contribution is -0.119. The Hall–Kier alpha value is -1.87. The van der Waals surface area contributed by atoms with Crippen molar-refractivity contribution in [2.45, 2.75) is 39.2 Å². The van der Waals surface area contributed by atoms with Crippen LogP contribution < -0.4 is 21.5 Å². The molecule has 0 aromatic heterocycles. The van der Waals surface area contributed by atoms with Crippen LogP contribution in [0.15, 0.2) is 24.3 Å². The topological polar surface area (TPSA) is 82.3 Å². The first-order valence-electron chi connectivity index (χ1n) is 9.33. The highest BCUT2D eigenvalue weighted by molar-refractivity contribution is 8.00. The number of hydrogen-bond acceptors (Lipinski definition) is 4. The molecule has 4 N–H and O–H groups in total. The third kappa shape index (κ3) is 7.63. The summed E-state index contributed by atoms with van der Waals surface area (Å²) in [4.78, 5) is 23.7. The van der Waals surface area contributed by atoms with Crippen molar-refractivity contribution in [2.75, 3.05) is 16.8 Å². The SMILES string of the molecule is C[C@@H]1[C@H](C)CCC[C@@H]1NC(=S)NNC(=O)CSCC(=O)Nc1ccc(F)cc1. The van der Waals surface area contributed by atoms with Gasteiger partial charge in [-0.25, -0.2) is 4.39 Å². The van der Waals surface area contributed by atoms with Crippen molar-refractivity contribution in [1.29, 1.82) is 0 Å². The zero-order chi connectivity index (χ0) is 20.5. The van der Waals surface area contributed by atoms with Crippen LogP contribution in [-0.4, -0.2) is 34.5 Å². The number of nitrogens with one attached hydrogen (secondary N) is 4. The second-order valence-corrected chi connectivity index (χ2v) is 8.46. The predicted molar refractivity (Wildman–Crippen MR) is 115 cm³/mol. The van der Waals surface area contributed by atoms with Crippen molar-refractivity contribution >= 4 is 46.6 Å². The van der Waals surface area contributed by atoms with Crippen LogP contribution in [0.4, 0.5) is 10.1 Å². The molecule has 1 fully saturated rings. The average molecular weight is 427 g/mol. The molecule has 0 bridgehead atoms. The molecule has 154 valence electrons. The number of anilines is 1. The standard InChI is InChI=1S/C19H27FN4O2S2/c1-12-4-3-5-16(13(12)2)22-19(27)24-23-18(26)11-28-10-17(25)21-15-8-6-14(20)7-9-15/h6-9,12-13,16H,3-5,10-11H2,1-2H3,(H,21,25)(H,23,26)(H2,22,24,27)/t12-,13-,16+/m1/s1. The summed E-state index contributed by atoms with van der Waals surface area (Å²) in [6.07, 6.45) is 3.48. The molecule has 6 nitrogen and oxygen atoms in total. The Morgan fingerprint density at radius 2 is 1.79 bits per heavy atom. The average Bonchev–Trinajstić information content (AvgIpc) is 2.66. The molecule has 1 aliphatic carbocycles. The molecule has 0 aliphatic heterocycles. The molecule has 3 atom stereocenters. The maximum Gasteiger partial charge on any atom is 0.248 e. The van der Waals surface area contributed by atoms with Gasteiger partial charge >= 0.3 is 0 Å². The van der Waals surface area contributed by atoms with Gasteiger partial charge < -0.3 is 10.6 Å². The van der Waals surface area contributed by atoms with Gasteiger partial charge in [-0.15, -0.1) is 11.8 Å². The molecule has 0 spiro atoms. The molecule has 2 amide bonds. The maximum atomic E-state index is 12.8. The summed E-state index contributed by atoms with van der Waals surface area (Å²) in [7, 11) is 0. The highest BCUT2D eigenvalue weighted by Crippen LogP contribution is 2.29. The Morgan fingerprint density at radius 3 is 2.50 bits per heavy atom. The molecular formula is C19H27FN4O2S2. The smallest absolute Gasteiger partial charge is 0.248 e. The third-order valence-electron chi connectivity index (χ3n) is 4.93. The van der Waals surface area contributed by atoms with E-state index in [-0.39, 0.29) is 29.1 Å². The van der Waals surface area contributed by atoms with Crippen LogP contribution in [0.5, 0.6) is 0 Å². The van der Waals surface area contributed by atoms with Gasteiger partial charge in [-0.1, -0.05) is 26.7 Å². The van der Waals surface area contributed by atoms with E-state index >= 15 is 0 Å². The summed E-state index contributed by atoms with van der Waals surface area (Å²) in [5.74, 6) is 0.523. The first kappa shape index (κ1) is 22.4. The third-order valence-corrected chi connectivity index (χ3v) is 6.09. The van der Waals surface area contributed by atoms with Crippen molar-refractivity contribution in [1.82, 2.24) is 16.2 Å². The van der Waals surface area contributed by atoms with Gasteiger partial charge in [-0.05, 0) is 54.7 Å². The van der Waals surface area contributed by atoms with Crippen molar-refractivity contribution in [3.8, 4) is 0 Å². The van der Waals surface area contributed by atoms with Crippen molar-refractivity contribution < 1.29 is 14.0 Å². The monoisotopic (exact) mass is 426 g/mol. The number of benzene rings is 1. The van der Waals surface area contributed by atoms with Crippen LogP contribution in [0, 0.1) is 17.7 Å². The number of thiocarbonyl (C=S) groups is 1. The number of halogens is 1. The fourth-order valence-corrected chi connectivity index (χ4v) is 3.94. The van der Waals surface area contributed by atoms with E-state index in [4.69, 9.17) is 12.2 Å². The Kier molecular flexibility index (Phi) is 8.98. The van der Waals surface area contributed by atoms with E-state index in [1.165, 1.54) is 48.9 Å². The van der Waals surface area contributed by atoms with Crippen LogP contribution >= 0.6 is 24.0 Å². The summed E-state index contributed by atoms with van der Waals surface area (Å²) < 4.78 is 12.8. The maximum absolute atomic E-state index is 12.8. The van der Waals surface area contributed by atoms with E-state index in [0.717, 1.165) is 6.42 Å². The Bertz CT molecular complexity index is 687. The molecule has 1 aromatic rings. The van der Waals surface area contributed by atoms with Crippen LogP contribution in [0.25, 0.3) is 0 Å². The molecule has 1 aromatic carbocycles. The molecule has 1 aliphatic rings. The summed E-state index contributed by atoms with van der Waals surface area (Å²) >= 11 is 6.42. The van der Waals surface area contributed by atoms with Crippen molar-refractivity contribution in [2.24, 2.45) is 11.8 Å². The minimum absolute atomic E-state index is 0.114. The Balaban J connectivity index is 1.59. The summed E-state index contributed by atoms with van der Waals surface area (Å²) in [6.45, 7) is 4.47. The van der Waals surface area contributed by atoms with E-state index in [0.29, 0.717) is 28.7 Å². The summed E-state index contributed by atoms with van der Waals surface area (Å²) in [5.41, 5.74) is 5.78. The van der Waals surface area contributed by atoms with Crippen molar-refractivity contribution in [3.63, 3.8) is 0 Å². The number of amides is 2. The lowest BCUT2D eigenvalue weighted by Crippen LogP contribution is -2.52. The van der Waals surface area contributed by atoms with E-state index < -0.39 is 0 Å². The van der Waals surface area contributed by atoms with Gasteiger partial charge in [0.15, 0.2) is 5.11 Å². The van der Waals surface area contributed by atoms with Gasteiger partial charge in [0.25, 0.3) is 0 Å². The van der Waals surface area contributed by atoms with Gasteiger partial charge in [-0.2, -0.15) is 0 Å². The summed E-state index contributed by atoms with van der Waals surface area (Å²) in [6, 6.07) is 5.82. The molecule has 0 heterocycles. The second-order valence-electron chi connectivity index (χ2n) is 7.07. The minimum atomic E-state index is -0.364. The van der Waals surface area contributed by atoms with Crippen LogP contribution in [0.1, 0.15) is 33.1 Å². The van der Waals surface area contributed by atoms with Gasteiger partial charge in [0.05, 0.1) is 11.5 Å². The van der Waals surface area contributed by atoms with E-state index in [1.807, 2.05) is 0 Å². The highest BCUT2D eigenvalue weighted by Gasteiger charge is 2.27. The number of carbonyl (C=O) groups excluding carboxylic acids is 2. The molecule has 9 heteroatoms. The fraction of sp³-hybridized carbons (Fsp3) is 0.526. The highest BCUT2D eigenvalue weighted by atomic mass is 32.2. The van der Waals surface area contributed by atoms with E-state index in [2.05, 4.69) is 35.3 Å². The van der Waals surface area contributed by atoms with Gasteiger partial charge in [0, 0.05) is 11.7 Å². The second kappa shape index (κ2) is 11.2. The number of hydrogen-bond donors (Lipinski definition) is 4. The first-order chi connectivity index (χ1) is 13.3. The largest absolute Gasteiger partial charge is 0.358 e. The molecular weight excluding hydrogens is 399 g/mol. The Morgan fingerprint density at radius 1 is 1.11 bits per heavy atom. The lowest BCUT2D eigenvalue weighted by atomic mass is 9.78. The van der Waals surface area contributed by atoms with Crippen LogP contribution in [-0.2, 0) is 9.59 Å². The van der Waals surface area contributed by atoms with Crippen LogP contribution in [0.2, 0.25) is 0 Å². The lowest BCUT2D eigenvalue weighted by Gasteiger charge is -2.35. The van der Waals surface area contributed by atoms with Gasteiger partial charge in [-0.3, -0.25) is 20.4 Å². The van der Waals surface area contributed by atoms with Gasteiger partial charge in [0.2, 0.25) is 11.8 Å². The summed E-state index contributed by atoms with van der Waals surface area (Å²) in [5, 5.41) is 6.31. The molecule has 28 heavy (non-hydrogen) atoms. The normalized spacial score (nSPS) is 21.5. The molecule has 2 rings (SSSR count). The number of hydrazine groups is 1. The molecule has 1 saturated carbocycles. The van der Waals surface area contributed by atoms with Crippen molar-refractivity contribution in [3.05, 3.63) is 30.1 Å². The zero-order valence-corrected chi connectivity index (χ0v) is 17.7. The van der Waals surface area contributed by atoms with Crippen LogP contribution in [0.3, 0.4) is 0 Å². The first-order valence-corrected chi connectivity index (χ1v) is 10.9. The minimum Gasteiger partial charge on any atom is -0.358 e. The number of thioether (sulfide) groups is 1. The molecule has 0 radical (unpaired) electrons. The number of carbonyl (C=O) groups is 2. The zero-order valence-electron chi connectivity index (χ0n) is 16.1. The molecule has 0 unspecified atom stereocenters. The predicted octanol–water partition coefficient (Wildman–Crippen LogP) is 2.82. The quantitative estimate of drug-likeness (QED) is 0.414.